The molecule has 132 valence electrons. The number of aromatic nitrogens is 2. The molecule has 26 heavy (non-hydrogen) atoms. The van der Waals surface area contributed by atoms with Gasteiger partial charge in [0.15, 0.2) is 0 Å². The third-order valence-electron chi connectivity index (χ3n) is 3.75. The Morgan fingerprint density at radius 3 is 2.50 bits per heavy atom. The molecule has 6 nitrogen and oxygen atoms in total. The van der Waals surface area contributed by atoms with Gasteiger partial charge in [-0.25, -0.2) is 9.18 Å². The lowest BCUT2D eigenvalue weighted by atomic mass is 10.2. The Morgan fingerprint density at radius 1 is 1.00 bits per heavy atom. The molecule has 1 heterocycles. The molecule has 0 saturated carbocycles. The number of nitrogens with zero attached hydrogens (tertiary/aromatic N) is 2. The van der Waals surface area contributed by atoms with Gasteiger partial charge in [0.25, 0.3) is 5.56 Å². The highest BCUT2D eigenvalue weighted by molar-refractivity contribution is 5.90. The van der Waals surface area contributed by atoms with E-state index in [0.29, 0.717) is 0 Å². The summed E-state index contributed by atoms with van der Waals surface area (Å²) in [7, 11) is 0. The number of hydrogen-bond donors (Lipinski definition) is 1. The summed E-state index contributed by atoms with van der Waals surface area (Å²) in [6.45, 7) is -0.171. The van der Waals surface area contributed by atoms with E-state index in [1.165, 1.54) is 35.0 Å². The molecule has 0 aliphatic carbocycles. The van der Waals surface area contributed by atoms with Crippen molar-refractivity contribution in [2.75, 3.05) is 5.32 Å². The molecule has 0 bridgehead atoms. The van der Waals surface area contributed by atoms with E-state index in [0.717, 1.165) is 16.2 Å². The summed E-state index contributed by atoms with van der Waals surface area (Å²) in [5.41, 5.74) is -0.0166. The third kappa shape index (κ3) is 4.13. The molecule has 0 radical (unpaired) electrons. The first-order valence-electron chi connectivity index (χ1n) is 7.92. The lowest BCUT2D eigenvalue weighted by Crippen LogP contribution is -2.41. The smallest absolute Gasteiger partial charge is 0.324 e. The van der Waals surface area contributed by atoms with Crippen LogP contribution >= 0.6 is 0 Å². The zero-order valence-corrected chi connectivity index (χ0v) is 13.8. The van der Waals surface area contributed by atoms with Crippen LogP contribution in [0.3, 0.4) is 0 Å². The Bertz CT molecular complexity index is 1040. The first kappa shape index (κ1) is 17.3. The number of anilines is 1. The van der Waals surface area contributed by atoms with Crippen molar-refractivity contribution in [2.45, 2.75) is 13.1 Å². The van der Waals surface area contributed by atoms with Crippen LogP contribution in [0.4, 0.5) is 10.1 Å². The van der Waals surface area contributed by atoms with Crippen molar-refractivity contribution >= 4 is 11.6 Å². The van der Waals surface area contributed by atoms with Crippen molar-refractivity contribution in [1.29, 1.82) is 0 Å². The monoisotopic (exact) mass is 353 g/mol. The topological polar surface area (TPSA) is 73.1 Å². The minimum atomic E-state index is -0.590. The summed E-state index contributed by atoms with van der Waals surface area (Å²) in [6, 6.07) is 15.9. The van der Waals surface area contributed by atoms with E-state index < -0.39 is 29.5 Å². The zero-order chi connectivity index (χ0) is 18.5. The Labute approximate surface area is 148 Å². The van der Waals surface area contributed by atoms with Crippen molar-refractivity contribution in [3.05, 3.63) is 99.1 Å². The first-order chi connectivity index (χ1) is 12.5. The average molecular weight is 353 g/mol. The number of nitrogens with one attached hydrogen (secondary N) is 1. The quantitative estimate of drug-likeness (QED) is 0.761. The number of carbonyl (C=O) groups is 1. The van der Waals surface area contributed by atoms with Gasteiger partial charge in [-0.2, -0.15) is 0 Å². The molecule has 3 aromatic rings. The lowest BCUT2D eigenvalue weighted by molar-refractivity contribution is -0.116. The van der Waals surface area contributed by atoms with Gasteiger partial charge in [-0.15, -0.1) is 0 Å². The Morgan fingerprint density at radius 2 is 1.77 bits per heavy atom. The van der Waals surface area contributed by atoms with Gasteiger partial charge in [0.05, 0.1) is 6.54 Å². The second-order valence-electron chi connectivity index (χ2n) is 5.69. The van der Waals surface area contributed by atoms with Gasteiger partial charge >= 0.3 is 5.69 Å². The van der Waals surface area contributed by atoms with E-state index in [9.17, 15) is 18.8 Å². The van der Waals surface area contributed by atoms with E-state index in [2.05, 4.69) is 5.32 Å². The number of carbonyl (C=O) groups excluding carboxylic acids is 1. The fraction of sp³-hybridized carbons (Fsp3) is 0.105. The highest BCUT2D eigenvalue weighted by Gasteiger charge is 2.11. The molecule has 7 heteroatoms. The van der Waals surface area contributed by atoms with Crippen LogP contribution in [0.25, 0.3) is 0 Å². The molecule has 2 aromatic carbocycles. The molecule has 1 N–H and O–H groups in total. The molecule has 0 atom stereocenters. The molecule has 1 amide bonds. The predicted octanol–water partition coefficient (Wildman–Crippen LogP) is 1.84. The van der Waals surface area contributed by atoms with Crippen molar-refractivity contribution < 1.29 is 9.18 Å². The van der Waals surface area contributed by atoms with Crippen molar-refractivity contribution in [3.8, 4) is 0 Å². The number of halogens is 1. The van der Waals surface area contributed by atoms with Crippen molar-refractivity contribution in [2.24, 2.45) is 0 Å². The minimum absolute atomic E-state index is 0.253. The van der Waals surface area contributed by atoms with Crippen LogP contribution in [0.1, 0.15) is 5.56 Å². The van der Waals surface area contributed by atoms with E-state index in [1.807, 2.05) is 30.3 Å². The summed E-state index contributed by atoms with van der Waals surface area (Å²) in [5.74, 6) is -1.09. The number of amides is 1. The number of rotatable bonds is 5. The number of hydrogen-bond acceptors (Lipinski definition) is 3. The van der Waals surface area contributed by atoms with Crippen LogP contribution in [0.15, 0.2) is 76.4 Å². The summed E-state index contributed by atoms with van der Waals surface area (Å²) in [4.78, 5) is 36.6. The second kappa shape index (κ2) is 7.60. The molecule has 0 unspecified atom stereocenters. The van der Waals surface area contributed by atoms with Crippen molar-refractivity contribution in [3.63, 3.8) is 0 Å². The van der Waals surface area contributed by atoms with Crippen LogP contribution in [0.2, 0.25) is 0 Å². The van der Waals surface area contributed by atoms with Gasteiger partial charge in [-0.05, 0) is 23.8 Å². The standard InChI is InChI=1S/C19H16FN3O3/c20-15-7-4-8-16(11-15)21-17(24)13-23-18(25)9-10-22(19(23)26)12-14-5-2-1-3-6-14/h1-11H,12-13H2,(H,21,24). The largest absolute Gasteiger partial charge is 0.331 e. The molecule has 0 fully saturated rings. The van der Waals surface area contributed by atoms with E-state index in [-0.39, 0.29) is 12.2 Å². The highest BCUT2D eigenvalue weighted by atomic mass is 19.1. The zero-order valence-electron chi connectivity index (χ0n) is 13.8. The Balaban J connectivity index is 1.81. The van der Waals surface area contributed by atoms with Crippen LogP contribution < -0.4 is 16.6 Å². The average Bonchev–Trinajstić information content (AvgIpc) is 2.62. The van der Waals surface area contributed by atoms with Gasteiger partial charge in [0.2, 0.25) is 5.91 Å². The molecular formula is C19H16FN3O3. The normalized spacial score (nSPS) is 10.5. The fourth-order valence-corrected chi connectivity index (χ4v) is 2.51. The number of benzene rings is 2. The molecule has 3 rings (SSSR count). The molecule has 0 aliphatic heterocycles. The van der Waals surface area contributed by atoms with Gasteiger partial charge in [0.1, 0.15) is 12.4 Å². The summed E-state index contributed by atoms with van der Waals surface area (Å²) >= 11 is 0. The predicted molar refractivity (Wildman–Crippen MR) is 95.5 cm³/mol. The Hall–Kier alpha value is -3.48. The van der Waals surface area contributed by atoms with Crippen LogP contribution in [-0.2, 0) is 17.9 Å². The van der Waals surface area contributed by atoms with Gasteiger partial charge in [-0.1, -0.05) is 36.4 Å². The maximum Gasteiger partial charge on any atom is 0.331 e. The van der Waals surface area contributed by atoms with E-state index >= 15 is 0 Å². The summed E-state index contributed by atoms with van der Waals surface area (Å²) in [5, 5.41) is 2.47. The van der Waals surface area contributed by atoms with Gasteiger partial charge < -0.3 is 5.32 Å². The van der Waals surface area contributed by atoms with Gasteiger partial charge in [-0.3, -0.25) is 18.7 Å². The van der Waals surface area contributed by atoms with Crippen LogP contribution in [0.5, 0.6) is 0 Å². The second-order valence-corrected chi connectivity index (χ2v) is 5.69. The van der Waals surface area contributed by atoms with Crippen LogP contribution in [0, 0.1) is 5.82 Å². The fourth-order valence-electron chi connectivity index (χ4n) is 2.51. The maximum atomic E-state index is 13.2. The lowest BCUT2D eigenvalue weighted by Gasteiger charge is -2.10. The Kier molecular flexibility index (Phi) is 5.07. The SMILES string of the molecule is O=C(Cn1c(=O)ccn(Cc2ccccc2)c1=O)Nc1cccc(F)c1. The summed E-state index contributed by atoms with van der Waals surface area (Å²) in [6.07, 6.45) is 1.40. The molecule has 1 aromatic heterocycles. The molecule has 0 spiro atoms. The van der Waals surface area contributed by atoms with E-state index in [4.69, 9.17) is 0 Å². The molecule has 0 saturated heterocycles. The minimum Gasteiger partial charge on any atom is -0.324 e. The van der Waals surface area contributed by atoms with Crippen molar-refractivity contribution in [1.82, 2.24) is 9.13 Å². The third-order valence-corrected chi connectivity index (χ3v) is 3.75. The molecular weight excluding hydrogens is 337 g/mol. The molecule has 0 aliphatic rings. The first-order valence-corrected chi connectivity index (χ1v) is 7.92. The van der Waals surface area contributed by atoms with E-state index in [1.54, 1.807) is 0 Å². The highest BCUT2D eigenvalue weighted by Crippen LogP contribution is 2.08. The summed E-state index contributed by atoms with van der Waals surface area (Å²) < 4.78 is 15.4. The van der Waals surface area contributed by atoms with Gasteiger partial charge in [0, 0.05) is 18.0 Å². The van der Waals surface area contributed by atoms with Crippen LogP contribution in [-0.4, -0.2) is 15.0 Å². The maximum absolute atomic E-state index is 13.2.